The molecule has 2 aromatic rings. The number of hydrogen-bond acceptors (Lipinski definition) is 4. The highest BCUT2D eigenvalue weighted by molar-refractivity contribution is 6.00. The molecule has 0 fully saturated rings. The first-order valence-corrected chi connectivity index (χ1v) is 7.32. The predicted molar refractivity (Wildman–Crippen MR) is 85.4 cm³/mol. The summed E-state index contributed by atoms with van der Waals surface area (Å²) in [7, 11) is 0. The predicted octanol–water partition coefficient (Wildman–Crippen LogP) is 2.56. The molecular formula is C18H16N2O3. The smallest absolute Gasteiger partial charge is 0.269 e. The molecule has 3 rings (SSSR count). The van der Waals surface area contributed by atoms with E-state index in [2.05, 4.69) is 0 Å². The molecule has 0 radical (unpaired) electrons. The van der Waals surface area contributed by atoms with Gasteiger partial charge < -0.3 is 9.84 Å². The number of hydrogen-bond donors (Lipinski definition) is 1. The standard InChI is InChI=1S/C18H16N2O3/c1-12-3-2-4-13(9-12)10-17-18(22)20(8-7-19)15-6-5-14(21)11-16(15)23-17/h2-6,9,11,17,21H,8,10H2,1H3. The molecule has 5 nitrogen and oxygen atoms in total. The van der Waals surface area contributed by atoms with Crippen molar-refractivity contribution in [3.8, 4) is 17.6 Å². The quantitative estimate of drug-likeness (QED) is 0.884. The van der Waals surface area contributed by atoms with Crippen LogP contribution in [-0.2, 0) is 11.2 Å². The van der Waals surface area contributed by atoms with Crippen LogP contribution in [0, 0.1) is 18.3 Å². The van der Waals surface area contributed by atoms with Crippen LogP contribution in [0.4, 0.5) is 5.69 Å². The number of fused-ring (bicyclic) bond motifs is 1. The number of amides is 1. The van der Waals surface area contributed by atoms with Crippen LogP contribution >= 0.6 is 0 Å². The van der Waals surface area contributed by atoms with Crippen molar-refractivity contribution in [1.29, 1.82) is 5.26 Å². The fourth-order valence-corrected chi connectivity index (χ4v) is 2.73. The van der Waals surface area contributed by atoms with Crippen LogP contribution in [0.1, 0.15) is 11.1 Å². The molecule has 1 aliphatic rings. The van der Waals surface area contributed by atoms with E-state index in [1.54, 1.807) is 6.07 Å². The summed E-state index contributed by atoms with van der Waals surface area (Å²) in [5.74, 6) is 0.230. The number of benzene rings is 2. The van der Waals surface area contributed by atoms with Gasteiger partial charge in [-0.25, -0.2) is 0 Å². The molecule has 116 valence electrons. The summed E-state index contributed by atoms with van der Waals surface area (Å²) < 4.78 is 5.78. The van der Waals surface area contributed by atoms with E-state index >= 15 is 0 Å². The van der Waals surface area contributed by atoms with E-state index in [-0.39, 0.29) is 18.2 Å². The molecule has 2 aromatic carbocycles. The van der Waals surface area contributed by atoms with Crippen molar-refractivity contribution in [1.82, 2.24) is 0 Å². The third-order valence-electron chi connectivity index (χ3n) is 3.78. The lowest BCUT2D eigenvalue weighted by atomic mass is 10.0. The molecule has 0 aliphatic carbocycles. The first-order valence-electron chi connectivity index (χ1n) is 7.32. The van der Waals surface area contributed by atoms with Gasteiger partial charge in [0.15, 0.2) is 6.10 Å². The monoisotopic (exact) mass is 308 g/mol. The molecule has 0 aromatic heterocycles. The van der Waals surface area contributed by atoms with Crippen LogP contribution in [0.25, 0.3) is 0 Å². The summed E-state index contributed by atoms with van der Waals surface area (Å²) in [4.78, 5) is 14.0. The Morgan fingerprint density at radius 2 is 2.13 bits per heavy atom. The van der Waals surface area contributed by atoms with Gasteiger partial charge in [0.2, 0.25) is 0 Å². The summed E-state index contributed by atoms with van der Waals surface area (Å²) in [6.45, 7) is 1.94. The average molecular weight is 308 g/mol. The van der Waals surface area contributed by atoms with E-state index in [9.17, 15) is 9.90 Å². The van der Waals surface area contributed by atoms with Crippen molar-refractivity contribution >= 4 is 11.6 Å². The number of nitrogens with zero attached hydrogens (tertiary/aromatic N) is 2. The second-order valence-corrected chi connectivity index (χ2v) is 5.53. The Kier molecular flexibility index (Phi) is 3.90. The molecule has 1 N–H and O–H groups in total. The van der Waals surface area contributed by atoms with Crippen molar-refractivity contribution in [2.45, 2.75) is 19.4 Å². The molecule has 5 heteroatoms. The number of phenolic OH excluding ortho intramolecular Hbond substituents is 1. The Morgan fingerprint density at radius 3 is 2.87 bits per heavy atom. The Morgan fingerprint density at radius 1 is 1.30 bits per heavy atom. The third kappa shape index (κ3) is 2.97. The first kappa shape index (κ1) is 14.9. The van der Waals surface area contributed by atoms with Crippen molar-refractivity contribution in [3.05, 3.63) is 53.6 Å². The zero-order valence-corrected chi connectivity index (χ0v) is 12.7. The van der Waals surface area contributed by atoms with Crippen LogP contribution in [0.3, 0.4) is 0 Å². The van der Waals surface area contributed by atoms with E-state index in [4.69, 9.17) is 10.00 Å². The maximum Gasteiger partial charge on any atom is 0.269 e. The number of carbonyl (C=O) groups excluding carboxylic acids is 1. The molecule has 1 heterocycles. The summed E-state index contributed by atoms with van der Waals surface area (Å²) in [5, 5.41) is 18.6. The molecule has 1 amide bonds. The van der Waals surface area contributed by atoms with Crippen molar-refractivity contribution in [2.75, 3.05) is 11.4 Å². The van der Waals surface area contributed by atoms with Gasteiger partial charge >= 0.3 is 0 Å². The fourth-order valence-electron chi connectivity index (χ4n) is 2.73. The minimum Gasteiger partial charge on any atom is -0.508 e. The van der Waals surface area contributed by atoms with Crippen LogP contribution in [0.2, 0.25) is 0 Å². The van der Waals surface area contributed by atoms with Gasteiger partial charge in [-0.15, -0.1) is 0 Å². The second kappa shape index (κ2) is 6.01. The van der Waals surface area contributed by atoms with Crippen LogP contribution in [-0.4, -0.2) is 23.7 Å². The van der Waals surface area contributed by atoms with Gasteiger partial charge in [0, 0.05) is 12.5 Å². The van der Waals surface area contributed by atoms with Crippen LogP contribution in [0.15, 0.2) is 42.5 Å². The molecule has 23 heavy (non-hydrogen) atoms. The van der Waals surface area contributed by atoms with Gasteiger partial charge in [0.05, 0.1) is 11.8 Å². The molecular weight excluding hydrogens is 292 g/mol. The number of nitriles is 1. The van der Waals surface area contributed by atoms with Gasteiger partial charge in [0.25, 0.3) is 5.91 Å². The van der Waals surface area contributed by atoms with Crippen molar-refractivity contribution in [2.24, 2.45) is 0 Å². The fraction of sp³-hybridized carbons (Fsp3) is 0.222. The van der Waals surface area contributed by atoms with E-state index in [0.717, 1.165) is 11.1 Å². The Labute approximate surface area is 134 Å². The van der Waals surface area contributed by atoms with Gasteiger partial charge in [-0.05, 0) is 24.6 Å². The maximum atomic E-state index is 12.6. The lowest BCUT2D eigenvalue weighted by molar-refractivity contribution is -0.126. The van der Waals surface area contributed by atoms with E-state index in [1.807, 2.05) is 37.3 Å². The SMILES string of the molecule is Cc1cccc(CC2Oc3cc(O)ccc3N(CC#N)C2=O)c1. The third-order valence-corrected chi connectivity index (χ3v) is 3.78. The van der Waals surface area contributed by atoms with E-state index in [0.29, 0.717) is 17.9 Å². The molecule has 0 saturated carbocycles. The Bertz CT molecular complexity index is 795. The molecule has 1 atom stereocenters. The van der Waals surface area contributed by atoms with Gasteiger partial charge in [-0.2, -0.15) is 5.26 Å². The summed E-state index contributed by atoms with van der Waals surface area (Å²) >= 11 is 0. The van der Waals surface area contributed by atoms with Crippen LogP contribution < -0.4 is 9.64 Å². The highest BCUT2D eigenvalue weighted by Gasteiger charge is 2.34. The number of carbonyl (C=O) groups is 1. The van der Waals surface area contributed by atoms with E-state index in [1.165, 1.54) is 17.0 Å². The normalized spacial score (nSPS) is 16.4. The number of ether oxygens (including phenoxy) is 1. The van der Waals surface area contributed by atoms with Gasteiger partial charge in [-0.3, -0.25) is 9.69 Å². The number of aryl methyl sites for hydroxylation is 1. The summed E-state index contributed by atoms with van der Waals surface area (Å²) in [6.07, 6.45) is -0.295. The number of phenols is 1. The zero-order chi connectivity index (χ0) is 16.4. The Hall–Kier alpha value is -3.00. The van der Waals surface area contributed by atoms with Crippen molar-refractivity contribution in [3.63, 3.8) is 0 Å². The lowest BCUT2D eigenvalue weighted by Gasteiger charge is -2.33. The first-order chi connectivity index (χ1) is 11.1. The highest BCUT2D eigenvalue weighted by atomic mass is 16.5. The largest absolute Gasteiger partial charge is 0.508 e. The summed E-state index contributed by atoms with van der Waals surface area (Å²) in [5.41, 5.74) is 2.61. The maximum absolute atomic E-state index is 12.6. The molecule has 0 saturated heterocycles. The molecule has 0 spiro atoms. The van der Waals surface area contributed by atoms with E-state index < -0.39 is 6.10 Å². The second-order valence-electron chi connectivity index (χ2n) is 5.53. The van der Waals surface area contributed by atoms with Crippen LogP contribution in [0.5, 0.6) is 11.5 Å². The number of rotatable bonds is 3. The van der Waals surface area contributed by atoms with Gasteiger partial charge in [0.1, 0.15) is 18.0 Å². The molecule has 1 unspecified atom stereocenters. The lowest BCUT2D eigenvalue weighted by Crippen LogP contribution is -2.47. The topological polar surface area (TPSA) is 73.6 Å². The zero-order valence-electron chi connectivity index (χ0n) is 12.7. The molecule has 1 aliphatic heterocycles. The van der Waals surface area contributed by atoms with Gasteiger partial charge in [-0.1, -0.05) is 29.8 Å². The Balaban J connectivity index is 1.93. The minimum absolute atomic E-state index is 0.0513. The molecule has 0 bridgehead atoms. The number of aromatic hydroxyl groups is 1. The highest BCUT2D eigenvalue weighted by Crippen LogP contribution is 2.37. The van der Waals surface area contributed by atoms with Crippen molar-refractivity contribution < 1.29 is 14.6 Å². The minimum atomic E-state index is -0.709. The number of anilines is 1. The summed E-state index contributed by atoms with van der Waals surface area (Å²) in [6, 6.07) is 14.4. The average Bonchev–Trinajstić information content (AvgIpc) is 2.51.